The molecule has 0 radical (unpaired) electrons. The zero-order chi connectivity index (χ0) is 15.5. The first-order valence-electron chi connectivity index (χ1n) is 6.92. The van der Waals surface area contributed by atoms with E-state index >= 15 is 0 Å². The monoisotopic (exact) mass is 300 g/mol. The maximum atomic E-state index is 12.2. The van der Waals surface area contributed by atoms with E-state index in [1.807, 2.05) is 25.1 Å². The largest absolute Gasteiger partial charge is 0.493 e. The number of para-hydroxylation sites is 2. The molecule has 5 heteroatoms. The maximum absolute atomic E-state index is 12.2. The van der Waals surface area contributed by atoms with Crippen LogP contribution in [0, 0.1) is 6.92 Å². The molecule has 114 valence electrons. The van der Waals surface area contributed by atoms with Crippen molar-refractivity contribution in [2.24, 2.45) is 0 Å². The summed E-state index contributed by atoms with van der Waals surface area (Å²) in [5.41, 5.74) is 1.02. The van der Waals surface area contributed by atoms with E-state index < -0.39 is 12.1 Å². The molecule has 0 unspecified atom stereocenters. The van der Waals surface area contributed by atoms with Crippen LogP contribution in [0.5, 0.6) is 23.0 Å². The zero-order valence-corrected chi connectivity index (χ0v) is 12.4. The van der Waals surface area contributed by atoms with Gasteiger partial charge < -0.3 is 18.9 Å². The minimum atomic E-state index is -0.805. The number of carbonyl (C=O) groups excluding carboxylic acids is 1. The third-order valence-corrected chi connectivity index (χ3v) is 3.30. The highest BCUT2D eigenvalue weighted by Crippen LogP contribution is 2.32. The molecule has 2 aromatic rings. The minimum Gasteiger partial charge on any atom is -0.493 e. The molecule has 1 aliphatic heterocycles. The van der Waals surface area contributed by atoms with E-state index in [-0.39, 0.29) is 6.61 Å². The van der Waals surface area contributed by atoms with Crippen molar-refractivity contribution >= 4 is 5.97 Å². The topological polar surface area (TPSA) is 54.0 Å². The number of ether oxygens (including phenoxy) is 4. The van der Waals surface area contributed by atoms with Crippen LogP contribution in [0.3, 0.4) is 0 Å². The summed E-state index contributed by atoms with van der Waals surface area (Å²) in [5, 5.41) is 0. The molecule has 0 saturated carbocycles. The van der Waals surface area contributed by atoms with Crippen LogP contribution in [0.15, 0.2) is 42.5 Å². The van der Waals surface area contributed by atoms with Crippen molar-refractivity contribution in [3.8, 4) is 23.0 Å². The number of rotatable bonds is 3. The van der Waals surface area contributed by atoms with E-state index in [0.29, 0.717) is 23.0 Å². The van der Waals surface area contributed by atoms with Gasteiger partial charge in [-0.1, -0.05) is 18.2 Å². The predicted molar refractivity (Wildman–Crippen MR) is 79.7 cm³/mol. The Morgan fingerprint density at radius 3 is 2.68 bits per heavy atom. The summed E-state index contributed by atoms with van der Waals surface area (Å²) in [7, 11) is 1.53. The molecule has 0 fully saturated rings. The lowest BCUT2D eigenvalue weighted by atomic mass is 10.2. The summed E-state index contributed by atoms with van der Waals surface area (Å²) < 4.78 is 21.7. The predicted octanol–water partition coefficient (Wildman–Crippen LogP) is 2.75. The first kappa shape index (κ1) is 14.3. The van der Waals surface area contributed by atoms with E-state index in [1.165, 1.54) is 7.11 Å². The van der Waals surface area contributed by atoms with Crippen LogP contribution in [0.4, 0.5) is 0 Å². The summed E-state index contributed by atoms with van der Waals surface area (Å²) in [6.07, 6.45) is -0.805. The Labute approximate surface area is 128 Å². The Morgan fingerprint density at radius 1 is 1.14 bits per heavy atom. The van der Waals surface area contributed by atoms with Crippen LogP contribution in [0.1, 0.15) is 5.56 Å². The third kappa shape index (κ3) is 2.83. The highest BCUT2D eigenvalue weighted by molar-refractivity contribution is 5.79. The number of hydrogen-bond donors (Lipinski definition) is 0. The second-order valence-corrected chi connectivity index (χ2v) is 4.94. The zero-order valence-electron chi connectivity index (χ0n) is 12.4. The van der Waals surface area contributed by atoms with Crippen molar-refractivity contribution in [3.05, 3.63) is 48.0 Å². The number of benzene rings is 2. The standard InChI is InChI=1S/C17H16O5/c1-11-7-8-14(15(9-11)19-2)22-17(18)16-10-20-12-5-3-4-6-13(12)21-16/h3-9,16H,10H2,1-2H3/t16-/m0/s1. The molecule has 0 bridgehead atoms. The van der Waals surface area contributed by atoms with E-state index in [0.717, 1.165) is 5.56 Å². The second kappa shape index (κ2) is 5.97. The Balaban J connectivity index is 1.73. The molecular weight excluding hydrogens is 284 g/mol. The first-order valence-corrected chi connectivity index (χ1v) is 6.92. The molecule has 1 atom stereocenters. The van der Waals surface area contributed by atoms with E-state index in [4.69, 9.17) is 18.9 Å². The smallest absolute Gasteiger partial charge is 0.356 e. The van der Waals surface area contributed by atoms with E-state index in [9.17, 15) is 4.79 Å². The van der Waals surface area contributed by atoms with Crippen molar-refractivity contribution in [1.29, 1.82) is 0 Å². The molecule has 0 spiro atoms. The molecule has 1 heterocycles. The van der Waals surface area contributed by atoms with Gasteiger partial charge in [-0.15, -0.1) is 0 Å². The van der Waals surface area contributed by atoms with Gasteiger partial charge in [-0.2, -0.15) is 0 Å². The highest BCUT2D eigenvalue weighted by atomic mass is 16.6. The number of methoxy groups -OCH3 is 1. The molecular formula is C17H16O5. The van der Waals surface area contributed by atoms with Gasteiger partial charge in [0, 0.05) is 0 Å². The molecule has 0 amide bonds. The first-order chi connectivity index (χ1) is 10.7. The van der Waals surface area contributed by atoms with Gasteiger partial charge in [0.15, 0.2) is 23.0 Å². The number of fused-ring (bicyclic) bond motifs is 1. The molecule has 5 nitrogen and oxygen atoms in total. The average molecular weight is 300 g/mol. The fraction of sp³-hybridized carbons (Fsp3) is 0.235. The molecule has 2 aromatic carbocycles. The van der Waals surface area contributed by atoms with Crippen molar-refractivity contribution < 1.29 is 23.7 Å². The normalized spacial score (nSPS) is 16.0. The quantitative estimate of drug-likeness (QED) is 0.644. The lowest BCUT2D eigenvalue weighted by molar-refractivity contribution is -0.144. The van der Waals surface area contributed by atoms with Gasteiger partial charge in [0.2, 0.25) is 6.10 Å². The summed E-state index contributed by atoms with van der Waals surface area (Å²) in [4.78, 5) is 12.2. The van der Waals surface area contributed by atoms with Crippen LogP contribution in [0.2, 0.25) is 0 Å². The van der Waals surface area contributed by atoms with Gasteiger partial charge >= 0.3 is 5.97 Å². The average Bonchev–Trinajstić information content (AvgIpc) is 2.55. The van der Waals surface area contributed by atoms with Crippen LogP contribution in [0.25, 0.3) is 0 Å². The Morgan fingerprint density at radius 2 is 1.91 bits per heavy atom. The molecule has 22 heavy (non-hydrogen) atoms. The lowest BCUT2D eigenvalue weighted by Gasteiger charge is -2.25. The van der Waals surface area contributed by atoms with Crippen LogP contribution < -0.4 is 18.9 Å². The number of carbonyl (C=O) groups is 1. The van der Waals surface area contributed by atoms with Crippen molar-refractivity contribution in [2.45, 2.75) is 13.0 Å². The number of aryl methyl sites for hydroxylation is 1. The summed E-state index contributed by atoms with van der Waals surface area (Å²) >= 11 is 0. The van der Waals surface area contributed by atoms with Gasteiger partial charge in [-0.3, -0.25) is 0 Å². The summed E-state index contributed by atoms with van der Waals surface area (Å²) in [6, 6.07) is 12.6. The maximum Gasteiger partial charge on any atom is 0.356 e. The Hall–Kier alpha value is -2.69. The molecule has 0 aromatic heterocycles. The molecule has 0 N–H and O–H groups in total. The third-order valence-electron chi connectivity index (χ3n) is 3.30. The summed E-state index contributed by atoms with van der Waals surface area (Å²) in [5.74, 6) is 1.51. The molecule has 3 rings (SSSR count). The Kier molecular flexibility index (Phi) is 3.87. The number of hydrogen-bond acceptors (Lipinski definition) is 5. The van der Waals surface area contributed by atoms with Crippen molar-refractivity contribution in [1.82, 2.24) is 0 Å². The van der Waals surface area contributed by atoms with Gasteiger partial charge in [-0.05, 0) is 36.8 Å². The SMILES string of the molecule is COc1cc(C)ccc1OC(=O)[C@@H]1COc2ccccc2O1. The van der Waals surface area contributed by atoms with E-state index in [2.05, 4.69) is 0 Å². The van der Waals surface area contributed by atoms with Gasteiger partial charge in [0.25, 0.3) is 0 Å². The van der Waals surface area contributed by atoms with Gasteiger partial charge in [-0.25, -0.2) is 4.79 Å². The lowest BCUT2D eigenvalue weighted by Crippen LogP contribution is -2.39. The van der Waals surface area contributed by atoms with Crippen LogP contribution >= 0.6 is 0 Å². The van der Waals surface area contributed by atoms with E-state index in [1.54, 1.807) is 24.3 Å². The van der Waals surface area contributed by atoms with Crippen LogP contribution in [-0.4, -0.2) is 25.8 Å². The molecule has 0 aliphatic carbocycles. The highest BCUT2D eigenvalue weighted by Gasteiger charge is 2.29. The van der Waals surface area contributed by atoms with Gasteiger partial charge in [0.1, 0.15) is 6.61 Å². The van der Waals surface area contributed by atoms with Crippen molar-refractivity contribution in [3.63, 3.8) is 0 Å². The fourth-order valence-corrected chi connectivity index (χ4v) is 2.17. The minimum absolute atomic E-state index is 0.115. The fourth-order valence-electron chi connectivity index (χ4n) is 2.17. The number of esters is 1. The van der Waals surface area contributed by atoms with Crippen molar-refractivity contribution in [2.75, 3.05) is 13.7 Å². The Bertz CT molecular complexity index is 695. The van der Waals surface area contributed by atoms with Crippen LogP contribution in [-0.2, 0) is 4.79 Å². The van der Waals surface area contributed by atoms with Gasteiger partial charge in [0.05, 0.1) is 7.11 Å². The second-order valence-electron chi connectivity index (χ2n) is 4.94. The molecule has 1 aliphatic rings. The summed E-state index contributed by atoms with van der Waals surface area (Å²) in [6.45, 7) is 2.05. The molecule has 0 saturated heterocycles.